The molecule has 0 atom stereocenters. The summed E-state index contributed by atoms with van der Waals surface area (Å²) < 4.78 is 26.4. The quantitative estimate of drug-likeness (QED) is 0.618. The second-order valence-electron chi connectivity index (χ2n) is 2.81. The van der Waals surface area contributed by atoms with Gasteiger partial charge in [-0.1, -0.05) is 18.2 Å². The molecule has 0 heterocycles. The zero-order valence-corrected chi connectivity index (χ0v) is 6.72. The number of nitrogen functional groups attached to an aromatic ring is 1. The summed E-state index contributed by atoms with van der Waals surface area (Å²) in [4.78, 5) is 0. The first kappa shape index (κ1) is 7.98. The zero-order chi connectivity index (χ0) is 9.42. The third-order valence-corrected chi connectivity index (χ3v) is 1.96. The van der Waals surface area contributed by atoms with Crippen LogP contribution in [-0.4, -0.2) is 0 Å². The molecule has 0 spiro atoms. The highest BCUT2D eigenvalue weighted by Crippen LogP contribution is 2.24. The fourth-order valence-corrected chi connectivity index (χ4v) is 1.31. The molecular weight excluding hydrogens is 172 g/mol. The summed E-state index contributed by atoms with van der Waals surface area (Å²) in [7, 11) is 0. The molecule has 2 aromatic carbocycles. The summed E-state index contributed by atoms with van der Waals surface area (Å²) in [6.45, 7) is 0. The van der Waals surface area contributed by atoms with Gasteiger partial charge in [-0.15, -0.1) is 0 Å². The van der Waals surface area contributed by atoms with Gasteiger partial charge in [-0.25, -0.2) is 8.78 Å². The van der Waals surface area contributed by atoms with E-state index in [9.17, 15) is 8.78 Å². The van der Waals surface area contributed by atoms with Crippen molar-refractivity contribution >= 4 is 16.5 Å². The predicted molar refractivity (Wildman–Crippen MR) is 48.3 cm³/mol. The van der Waals surface area contributed by atoms with E-state index >= 15 is 0 Å². The van der Waals surface area contributed by atoms with Crippen molar-refractivity contribution in [3.63, 3.8) is 0 Å². The molecule has 0 aliphatic heterocycles. The number of nitrogens with two attached hydrogens (primary N) is 1. The minimum absolute atomic E-state index is 0.0300. The molecule has 0 aliphatic carbocycles. The van der Waals surface area contributed by atoms with Crippen LogP contribution in [-0.2, 0) is 0 Å². The topological polar surface area (TPSA) is 26.0 Å². The molecule has 0 unspecified atom stereocenters. The van der Waals surface area contributed by atoms with E-state index in [1.807, 2.05) is 0 Å². The van der Waals surface area contributed by atoms with E-state index < -0.39 is 11.6 Å². The van der Waals surface area contributed by atoms with E-state index in [1.165, 1.54) is 18.2 Å². The molecule has 0 amide bonds. The maximum absolute atomic E-state index is 13.3. The van der Waals surface area contributed by atoms with Crippen molar-refractivity contribution in [3.8, 4) is 0 Å². The summed E-state index contributed by atoms with van der Waals surface area (Å²) in [5.41, 5.74) is 5.28. The molecule has 1 nitrogen and oxygen atoms in total. The van der Waals surface area contributed by atoms with Crippen molar-refractivity contribution in [1.29, 1.82) is 0 Å². The minimum atomic E-state index is -0.685. The fraction of sp³-hybridized carbons (Fsp3) is 0. The molecule has 2 N–H and O–H groups in total. The number of hydrogen-bond donors (Lipinski definition) is 1. The molecule has 0 aliphatic rings. The van der Waals surface area contributed by atoms with Crippen LogP contribution in [0.25, 0.3) is 10.8 Å². The summed E-state index contributed by atoms with van der Waals surface area (Å²) in [5, 5.41) is 0.481. The Morgan fingerprint density at radius 1 is 1.00 bits per heavy atom. The van der Waals surface area contributed by atoms with Gasteiger partial charge < -0.3 is 5.73 Å². The molecule has 0 saturated heterocycles. The third kappa shape index (κ3) is 1.13. The van der Waals surface area contributed by atoms with Crippen LogP contribution in [0.5, 0.6) is 0 Å². The molecule has 2 aromatic rings. The predicted octanol–water partition coefficient (Wildman–Crippen LogP) is 2.70. The first-order valence-corrected chi connectivity index (χ1v) is 3.82. The van der Waals surface area contributed by atoms with Gasteiger partial charge in [-0.3, -0.25) is 0 Å². The summed E-state index contributed by atoms with van der Waals surface area (Å²) in [5.74, 6) is -1.27. The number of anilines is 1. The first-order chi connectivity index (χ1) is 6.20. The van der Waals surface area contributed by atoms with Crippen LogP contribution in [0.2, 0.25) is 0 Å². The molecule has 0 aromatic heterocycles. The van der Waals surface area contributed by atoms with Crippen molar-refractivity contribution in [2.45, 2.75) is 0 Å². The summed E-state index contributed by atoms with van der Waals surface area (Å²) >= 11 is 0. The van der Waals surface area contributed by atoms with Gasteiger partial charge in [0.25, 0.3) is 0 Å². The van der Waals surface area contributed by atoms with E-state index in [4.69, 9.17) is 5.73 Å². The largest absolute Gasteiger partial charge is 0.396 e. The number of hydrogen-bond acceptors (Lipinski definition) is 1. The normalized spacial score (nSPS) is 10.6. The highest BCUT2D eigenvalue weighted by atomic mass is 19.1. The van der Waals surface area contributed by atoms with Crippen LogP contribution in [0.3, 0.4) is 0 Å². The van der Waals surface area contributed by atoms with Gasteiger partial charge in [0, 0.05) is 0 Å². The van der Waals surface area contributed by atoms with Gasteiger partial charge >= 0.3 is 0 Å². The molecular formula is C10H7F2N. The average molecular weight is 179 g/mol. The SMILES string of the molecule is Nc1ccc2cccc(F)c2c1F. The maximum Gasteiger partial charge on any atom is 0.156 e. The lowest BCUT2D eigenvalue weighted by molar-refractivity contribution is 0.610. The van der Waals surface area contributed by atoms with E-state index in [1.54, 1.807) is 12.1 Å². The lowest BCUT2D eigenvalue weighted by Gasteiger charge is -2.02. The Morgan fingerprint density at radius 2 is 1.77 bits per heavy atom. The van der Waals surface area contributed by atoms with E-state index in [-0.39, 0.29) is 11.1 Å². The molecule has 66 valence electrons. The summed E-state index contributed by atoms with van der Waals surface area (Å²) in [6.07, 6.45) is 0. The van der Waals surface area contributed by atoms with Crippen LogP contribution in [0.1, 0.15) is 0 Å². The molecule has 0 saturated carbocycles. The highest BCUT2D eigenvalue weighted by molar-refractivity contribution is 5.86. The lowest BCUT2D eigenvalue weighted by Crippen LogP contribution is -1.92. The van der Waals surface area contributed by atoms with Crippen LogP contribution in [0, 0.1) is 11.6 Å². The van der Waals surface area contributed by atoms with Crippen LogP contribution < -0.4 is 5.73 Å². The van der Waals surface area contributed by atoms with Crippen LogP contribution in [0.4, 0.5) is 14.5 Å². The molecule has 0 bridgehead atoms. The Kier molecular flexibility index (Phi) is 1.65. The Bertz CT molecular complexity index is 466. The Balaban J connectivity index is 2.97. The van der Waals surface area contributed by atoms with E-state index in [2.05, 4.69) is 0 Å². The van der Waals surface area contributed by atoms with E-state index in [0.29, 0.717) is 5.39 Å². The third-order valence-electron chi connectivity index (χ3n) is 1.96. The zero-order valence-electron chi connectivity index (χ0n) is 6.72. The first-order valence-electron chi connectivity index (χ1n) is 3.82. The Labute approximate surface area is 73.8 Å². The van der Waals surface area contributed by atoms with Gasteiger partial charge in [-0.05, 0) is 17.5 Å². The number of halogens is 2. The van der Waals surface area contributed by atoms with Crippen molar-refractivity contribution in [2.24, 2.45) is 0 Å². The highest BCUT2D eigenvalue weighted by Gasteiger charge is 2.08. The van der Waals surface area contributed by atoms with Gasteiger partial charge in [0.15, 0.2) is 5.82 Å². The molecule has 13 heavy (non-hydrogen) atoms. The van der Waals surface area contributed by atoms with E-state index in [0.717, 1.165) is 0 Å². The monoisotopic (exact) mass is 179 g/mol. The van der Waals surface area contributed by atoms with Gasteiger partial charge in [-0.2, -0.15) is 0 Å². The van der Waals surface area contributed by atoms with Crippen molar-refractivity contribution < 1.29 is 8.78 Å². The van der Waals surface area contributed by atoms with Crippen LogP contribution >= 0.6 is 0 Å². The molecule has 3 heteroatoms. The van der Waals surface area contributed by atoms with Gasteiger partial charge in [0.1, 0.15) is 5.82 Å². The van der Waals surface area contributed by atoms with Crippen LogP contribution in [0.15, 0.2) is 30.3 Å². The minimum Gasteiger partial charge on any atom is -0.396 e. The lowest BCUT2D eigenvalue weighted by atomic mass is 10.1. The maximum atomic E-state index is 13.3. The second kappa shape index (κ2) is 2.69. The molecule has 0 fully saturated rings. The van der Waals surface area contributed by atoms with Gasteiger partial charge in [0.2, 0.25) is 0 Å². The van der Waals surface area contributed by atoms with Crippen molar-refractivity contribution in [3.05, 3.63) is 42.0 Å². The van der Waals surface area contributed by atoms with Crippen molar-refractivity contribution in [1.82, 2.24) is 0 Å². The standard InChI is InChI=1S/C10H7F2N/c11-7-3-1-2-6-4-5-8(13)10(12)9(6)7/h1-5H,13H2. The van der Waals surface area contributed by atoms with Crippen molar-refractivity contribution in [2.75, 3.05) is 5.73 Å². The number of fused-ring (bicyclic) bond motifs is 1. The fourth-order valence-electron chi connectivity index (χ4n) is 1.31. The average Bonchev–Trinajstić information content (AvgIpc) is 2.12. The Hall–Kier alpha value is -1.64. The molecule has 0 radical (unpaired) electrons. The van der Waals surface area contributed by atoms with Gasteiger partial charge in [0.05, 0.1) is 11.1 Å². The summed E-state index contributed by atoms with van der Waals surface area (Å²) in [6, 6.07) is 7.41. The Morgan fingerprint density at radius 3 is 2.54 bits per heavy atom. The number of benzene rings is 2. The molecule has 2 rings (SSSR count). The number of rotatable bonds is 0. The smallest absolute Gasteiger partial charge is 0.156 e. The second-order valence-corrected chi connectivity index (χ2v) is 2.81.